The Morgan fingerprint density at radius 2 is 1.74 bits per heavy atom. The number of aliphatic hydroxyl groups excluding tert-OH is 2. The van der Waals surface area contributed by atoms with Crippen molar-refractivity contribution in [3.63, 3.8) is 0 Å². The molecule has 11 nitrogen and oxygen atoms in total. The minimum Gasteiger partial charge on any atom is -0.392 e. The van der Waals surface area contributed by atoms with Crippen LogP contribution in [0.4, 0.5) is 0 Å². The Hall–Kier alpha value is -1.93. The van der Waals surface area contributed by atoms with Crippen molar-refractivity contribution in [1.29, 1.82) is 0 Å². The van der Waals surface area contributed by atoms with Gasteiger partial charge in [-0.1, -0.05) is 24.3 Å². The average molecular weight is 499 g/mol. The van der Waals surface area contributed by atoms with Gasteiger partial charge in [0.25, 0.3) is 10.1 Å². The highest BCUT2D eigenvalue weighted by atomic mass is 32.2. The topological polar surface area (TPSA) is 144 Å². The Morgan fingerprint density at radius 1 is 1.06 bits per heavy atom. The Kier molecular flexibility index (Phi) is 11.5. The maximum atomic E-state index is 11.2. The number of nitrogens with zero attached hydrogens (tertiary/aromatic N) is 5. The number of aliphatic hydroxyl groups is 2. The summed E-state index contributed by atoms with van der Waals surface area (Å²) >= 11 is 0. The first-order valence-electron chi connectivity index (χ1n) is 11.5. The highest BCUT2D eigenvalue weighted by molar-refractivity contribution is 7.85. The molecule has 2 rings (SSSR count). The number of nitrogens with one attached hydrogen (secondary N) is 1. The Balaban J connectivity index is 1.87. The third kappa shape index (κ3) is 10.6. The highest BCUT2D eigenvalue weighted by Crippen LogP contribution is 2.11. The molecule has 0 fully saturated rings. The molecule has 0 radical (unpaired) electrons. The maximum Gasteiger partial charge on any atom is 0.294 e. The Labute approximate surface area is 202 Å². The van der Waals surface area contributed by atoms with Gasteiger partial charge in [0, 0.05) is 45.8 Å². The number of benzene rings is 1. The van der Waals surface area contributed by atoms with Crippen LogP contribution in [0.3, 0.4) is 0 Å². The second-order valence-electron chi connectivity index (χ2n) is 8.60. The first-order chi connectivity index (χ1) is 16.1. The smallest absolute Gasteiger partial charge is 0.294 e. The predicted molar refractivity (Wildman–Crippen MR) is 129 cm³/mol. The number of rotatable bonds is 16. The van der Waals surface area contributed by atoms with Crippen molar-refractivity contribution in [2.24, 2.45) is 0 Å². The van der Waals surface area contributed by atoms with E-state index in [-0.39, 0.29) is 11.0 Å². The van der Waals surface area contributed by atoms with Gasteiger partial charge in [0.2, 0.25) is 0 Å². The standard InChI is InChI=1S/C22H38N6O5S/c1-4-26(11-12-27(14-19(3)30)10-9-23-13-18(2)29)16-21-17-28(25-24-21)15-20-5-7-22(8-6-20)34(31,32)33/h5-8,17-19,23,29-30H,4,9-16H2,1-3H3,(H,31,32,33)/t18-,19-/m0/s1. The van der Waals surface area contributed by atoms with E-state index in [1.165, 1.54) is 12.1 Å². The Morgan fingerprint density at radius 3 is 2.32 bits per heavy atom. The lowest BCUT2D eigenvalue weighted by Crippen LogP contribution is -2.42. The molecule has 34 heavy (non-hydrogen) atoms. The van der Waals surface area contributed by atoms with Crippen molar-refractivity contribution in [1.82, 2.24) is 30.1 Å². The summed E-state index contributed by atoms with van der Waals surface area (Å²) in [4.78, 5) is 4.32. The fraction of sp³-hybridized carbons (Fsp3) is 0.636. The van der Waals surface area contributed by atoms with Gasteiger partial charge in [0.15, 0.2) is 0 Å². The summed E-state index contributed by atoms with van der Waals surface area (Å²) < 4.78 is 33.1. The molecule has 1 aromatic carbocycles. The molecule has 12 heteroatoms. The second-order valence-corrected chi connectivity index (χ2v) is 10.0. The van der Waals surface area contributed by atoms with Gasteiger partial charge >= 0.3 is 0 Å². The van der Waals surface area contributed by atoms with E-state index in [1.807, 2.05) is 6.20 Å². The van der Waals surface area contributed by atoms with Crippen molar-refractivity contribution in [2.45, 2.75) is 51.0 Å². The van der Waals surface area contributed by atoms with E-state index in [9.17, 15) is 18.6 Å². The van der Waals surface area contributed by atoms with Gasteiger partial charge < -0.3 is 15.5 Å². The molecular formula is C22H38N6O5S. The van der Waals surface area contributed by atoms with Crippen molar-refractivity contribution in [2.75, 3.05) is 45.8 Å². The zero-order valence-corrected chi connectivity index (χ0v) is 21.0. The lowest BCUT2D eigenvalue weighted by atomic mass is 10.2. The molecule has 2 atom stereocenters. The van der Waals surface area contributed by atoms with E-state index >= 15 is 0 Å². The SMILES string of the molecule is CCN(CCN(CCNC[C@H](C)O)C[C@H](C)O)Cc1cn(Cc2ccc(S(=O)(=O)O)cc2)nn1. The second kappa shape index (κ2) is 13.8. The van der Waals surface area contributed by atoms with E-state index in [0.717, 1.165) is 44.0 Å². The summed E-state index contributed by atoms with van der Waals surface area (Å²) in [5, 5.41) is 30.8. The summed E-state index contributed by atoms with van der Waals surface area (Å²) in [7, 11) is -4.20. The molecule has 2 aromatic rings. The van der Waals surface area contributed by atoms with Gasteiger partial charge in [-0.2, -0.15) is 8.42 Å². The first kappa shape index (κ1) is 28.3. The molecule has 0 saturated heterocycles. The fourth-order valence-electron chi connectivity index (χ4n) is 3.52. The van der Waals surface area contributed by atoms with E-state index in [0.29, 0.717) is 26.2 Å². The van der Waals surface area contributed by atoms with Crippen LogP contribution in [0.1, 0.15) is 32.0 Å². The molecule has 192 valence electrons. The first-order valence-corrected chi connectivity index (χ1v) is 13.0. The average Bonchev–Trinajstić information content (AvgIpc) is 3.19. The molecule has 1 heterocycles. The maximum absolute atomic E-state index is 11.2. The molecule has 0 saturated carbocycles. The van der Waals surface area contributed by atoms with Gasteiger partial charge in [-0.05, 0) is 38.1 Å². The monoisotopic (exact) mass is 498 g/mol. The molecule has 0 aliphatic carbocycles. The molecule has 0 aliphatic rings. The van der Waals surface area contributed by atoms with Crippen LogP contribution in [0.2, 0.25) is 0 Å². The van der Waals surface area contributed by atoms with Gasteiger partial charge in [0.1, 0.15) is 0 Å². The van der Waals surface area contributed by atoms with Gasteiger partial charge in [0.05, 0.1) is 35.5 Å². The van der Waals surface area contributed by atoms with Gasteiger partial charge in [-0.25, -0.2) is 4.68 Å². The summed E-state index contributed by atoms with van der Waals surface area (Å²) in [5.41, 5.74) is 1.67. The fourth-order valence-corrected chi connectivity index (χ4v) is 4.00. The van der Waals surface area contributed by atoms with Crippen molar-refractivity contribution >= 4 is 10.1 Å². The number of hydrogen-bond donors (Lipinski definition) is 4. The molecule has 0 unspecified atom stereocenters. The van der Waals surface area contributed by atoms with Gasteiger partial charge in [-0.15, -0.1) is 5.10 Å². The van der Waals surface area contributed by atoms with Crippen molar-refractivity contribution in [3.8, 4) is 0 Å². The molecule has 0 amide bonds. The summed E-state index contributed by atoms with van der Waals surface area (Å²) in [6.07, 6.45) is 1.07. The summed E-state index contributed by atoms with van der Waals surface area (Å²) in [6, 6.07) is 5.99. The van der Waals surface area contributed by atoms with E-state index < -0.39 is 16.2 Å². The molecule has 0 bridgehead atoms. The lowest BCUT2D eigenvalue weighted by Gasteiger charge is -2.27. The van der Waals surface area contributed by atoms with Crippen LogP contribution in [-0.2, 0) is 23.2 Å². The minimum absolute atomic E-state index is 0.141. The largest absolute Gasteiger partial charge is 0.392 e. The minimum atomic E-state index is -4.20. The van der Waals surface area contributed by atoms with Crippen LogP contribution in [0.15, 0.2) is 35.4 Å². The molecule has 1 aromatic heterocycles. The van der Waals surface area contributed by atoms with E-state index in [2.05, 4.69) is 32.4 Å². The third-order valence-electron chi connectivity index (χ3n) is 5.28. The highest BCUT2D eigenvalue weighted by Gasteiger charge is 2.13. The van der Waals surface area contributed by atoms with E-state index in [1.54, 1.807) is 30.7 Å². The zero-order chi connectivity index (χ0) is 25.1. The van der Waals surface area contributed by atoms with Crippen molar-refractivity contribution < 1.29 is 23.2 Å². The van der Waals surface area contributed by atoms with Crippen LogP contribution < -0.4 is 5.32 Å². The van der Waals surface area contributed by atoms with Gasteiger partial charge in [-0.3, -0.25) is 14.4 Å². The van der Waals surface area contributed by atoms with Crippen LogP contribution in [-0.4, -0.2) is 106 Å². The van der Waals surface area contributed by atoms with Crippen LogP contribution >= 0.6 is 0 Å². The van der Waals surface area contributed by atoms with Crippen LogP contribution in [0.5, 0.6) is 0 Å². The number of hydrogen-bond acceptors (Lipinski definition) is 9. The van der Waals surface area contributed by atoms with E-state index in [4.69, 9.17) is 4.55 Å². The number of aromatic nitrogens is 3. The third-order valence-corrected chi connectivity index (χ3v) is 6.15. The predicted octanol–water partition coefficient (Wildman–Crippen LogP) is 0.0482. The number of likely N-dealkylation sites (N-methyl/N-ethyl adjacent to an activating group) is 1. The van der Waals surface area contributed by atoms with Crippen LogP contribution in [0, 0.1) is 0 Å². The summed E-state index contributed by atoms with van der Waals surface area (Å²) in [6.45, 7) is 11.8. The lowest BCUT2D eigenvalue weighted by molar-refractivity contribution is 0.114. The summed E-state index contributed by atoms with van der Waals surface area (Å²) in [5.74, 6) is 0. The Bertz CT molecular complexity index is 949. The normalized spacial score (nSPS) is 14.1. The molecular weight excluding hydrogens is 460 g/mol. The van der Waals surface area contributed by atoms with Crippen molar-refractivity contribution in [3.05, 3.63) is 41.7 Å². The quantitative estimate of drug-likeness (QED) is 0.185. The van der Waals surface area contributed by atoms with Crippen LogP contribution in [0.25, 0.3) is 0 Å². The molecule has 4 N–H and O–H groups in total. The molecule has 0 aliphatic heterocycles. The molecule has 0 spiro atoms. The zero-order valence-electron chi connectivity index (χ0n) is 20.2.